The van der Waals surface area contributed by atoms with Gasteiger partial charge in [0.2, 0.25) is 0 Å². The van der Waals surface area contributed by atoms with Crippen LogP contribution in [-0.2, 0) is 6.42 Å². The lowest BCUT2D eigenvalue weighted by molar-refractivity contribution is 0.0572. The molecule has 1 aromatic carbocycles. The Hall–Kier alpha value is -1.57. The topological polar surface area (TPSA) is 38.4 Å². The van der Waals surface area contributed by atoms with Gasteiger partial charge in [-0.1, -0.05) is 18.6 Å². The molecule has 3 aliphatic rings. The first-order chi connectivity index (χ1) is 13.4. The summed E-state index contributed by atoms with van der Waals surface area (Å²) in [7, 11) is 0. The summed E-state index contributed by atoms with van der Waals surface area (Å²) in [4.78, 5) is 5.04. The Labute approximate surface area is 171 Å². The lowest BCUT2D eigenvalue weighted by Gasteiger charge is -2.51. The summed E-state index contributed by atoms with van der Waals surface area (Å²) in [6, 6.07) is 4.51. The maximum absolute atomic E-state index is 6.24. The first kappa shape index (κ1) is 19.7. The van der Waals surface area contributed by atoms with Crippen LogP contribution >= 0.6 is 0 Å². The predicted molar refractivity (Wildman–Crippen MR) is 121 cm³/mol. The maximum Gasteiger partial charge on any atom is 0.0360 e. The minimum atomic E-state index is 0.317. The van der Waals surface area contributed by atoms with E-state index in [4.69, 9.17) is 10.7 Å². The molecule has 0 saturated heterocycles. The molecule has 2 fully saturated rings. The Balaban J connectivity index is 1.71. The van der Waals surface area contributed by atoms with Gasteiger partial charge >= 0.3 is 0 Å². The largest absolute Gasteiger partial charge is 0.399 e. The zero-order chi connectivity index (χ0) is 20.1. The molecule has 5 atom stereocenters. The predicted octanol–water partition coefficient (Wildman–Crippen LogP) is 6.48. The van der Waals surface area contributed by atoms with Crippen LogP contribution in [0.25, 0.3) is 0 Å². The van der Waals surface area contributed by atoms with Gasteiger partial charge in [0, 0.05) is 23.4 Å². The molecule has 2 nitrogen and oxygen atoms in total. The number of anilines is 1. The van der Waals surface area contributed by atoms with E-state index in [2.05, 4.69) is 46.4 Å². The molecule has 0 amide bonds. The van der Waals surface area contributed by atoms with Gasteiger partial charge in [-0.3, -0.25) is 4.99 Å². The summed E-state index contributed by atoms with van der Waals surface area (Å²) in [5.74, 6) is 3.07. The van der Waals surface area contributed by atoms with Crippen LogP contribution in [0.15, 0.2) is 29.3 Å². The summed E-state index contributed by atoms with van der Waals surface area (Å²) in [5, 5.41) is 0. The van der Waals surface area contributed by atoms with Crippen molar-refractivity contribution in [2.24, 2.45) is 28.2 Å². The number of benzene rings is 1. The lowest BCUT2D eigenvalue weighted by atomic mass is 9.53. The normalized spacial score (nSPS) is 35.4. The monoisotopic (exact) mass is 378 g/mol. The molecule has 2 N–H and O–H groups in total. The third kappa shape index (κ3) is 3.04. The molecule has 0 radical (unpaired) electrons. The van der Waals surface area contributed by atoms with Crippen molar-refractivity contribution in [3.8, 4) is 0 Å². The Bertz CT molecular complexity index is 805. The second kappa shape index (κ2) is 7.35. The second-order valence-electron chi connectivity index (χ2n) is 10.0. The van der Waals surface area contributed by atoms with Crippen LogP contribution in [0.2, 0.25) is 0 Å². The van der Waals surface area contributed by atoms with Crippen LogP contribution < -0.4 is 5.73 Å². The summed E-state index contributed by atoms with van der Waals surface area (Å²) < 4.78 is 0. The molecule has 5 unspecified atom stereocenters. The fraction of sp³-hybridized carbons (Fsp3) is 0.654. The highest BCUT2D eigenvalue weighted by Crippen LogP contribution is 2.62. The first-order valence-electron chi connectivity index (χ1n) is 11.4. The van der Waals surface area contributed by atoms with Crippen molar-refractivity contribution < 1.29 is 0 Å². The Morgan fingerprint density at radius 3 is 2.82 bits per heavy atom. The molecule has 4 rings (SSSR count). The lowest BCUT2D eigenvalue weighted by Crippen LogP contribution is -2.44. The molecule has 0 spiro atoms. The van der Waals surface area contributed by atoms with Crippen LogP contribution in [0.4, 0.5) is 5.69 Å². The molecule has 28 heavy (non-hydrogen) atoms. The molecular formula is C26H38N2. The van der Waals surface area contributed by atoms with Crippen LogP contribution in [0.1, 0.15) is 81.9 Å². The third-order valence-electron chi connectivity index (χ3n) is 8.41. The van der Waals surface area contributed by atoms with Crippen LogP contribution in [0.3, 0.4) is 0 Å². The number of nitrogens with two attached hydrogens (primary N) is 1. The number of hydrogen-bond donors (Lipinski definition) is 1. The van der Waals surface area contributed by atoms with Gasteiger partial charge in [0.15, 0.2) is 0 Å². The molecule has 3 aliphatic carbocycles. The highest BCUT2D eigenvalue weighted by molar-refractivity contribution is 5.93. The molecule has 2 saturated carbocycles. The zero-order valence-corrected chi connectivity index (χ0v) is 18.4. The van der Waals surface area contributed by atoms with Crippen LogP contribution in [-0.4, -0.2) is 12.3 Å². The van der Waals surface area contributed by atoms with Gasteiger partial charge in [-0.15, -0.1) is 6.58 Å². The van der Waals surface area contributed by atoms with E-state index in [0.29, 0.717) is 5.41 Å². The van der Waals surface area contributed by atoms with Gasteiger partial charge in [-0.25, -0.2) is 0 Å². The fourth-order valence-electron chi connectivity index (χ4n) is 7.08. The fourth-order valence-corrected chi connectivity index (χ4v) is 7.08. The molecule has 0 bridgehead atoms. The van der Waals surface area contributed by atoms with E-state index in [1.54, 1.807) is 11.1 Å². The van der Waals surface area contributed by atoms with Gasteiger partial charge in [-0.05, 0) is 112 Å². The molecule has 152 valence electrons. The number of hydrogen-bond acceptors (Lipinski definition) is 2. The second-order valence-corrected chi connectivity index (χ2v) is 10.0. The summed E-state index contributed by atoms with van der Waals surface area (Å²) in [6.45, 7) is 14.3. The van der Waals surface area contributed by atoms with Crippen molar-refractivity contribution in [3.05, 3.63) is 41.0 Å². The molecule has 0 aromatic heterocycles. The maximum atomic E-state index is 6.24. The minimum absolute atomic E-state index is 0.317. The van der Waals surface area contributed by atoms with Gasteiger partial charge in [0.25, 0.3) is 0 Å². The van der Waals surface area contributed by atoms with E-state index < -0.39 is 0 Å². The molecule has 0 heterocycles. The molecule has 1 aromatic rings. The number of nitrogens with zero attached hydrogens (tertiary/aromatic N) is 1. The number of fused-ring (bicyclic) bond motifs is 5. The average Bonchev–Trinajstić information content (AvgIpc) is 2.95. The van der Waals surface area contributed by atoms with Crippen molar-refractivity contribution in [1.82, 2.24) is 0 Å². The summed E-state index contributed by atoms with van der Waals surface area (Å²) in [6.07, 6.45) is 8.81. The minimum Gasteiger partial charge on any atom is -0.399 e. The molecule has 0 aliphatic heterocycles. The molecule has 2 heteroatoms. The SMILES string of the molecule is C=C(C)CCC1CC(=NCC)C2(C)CCC3c4ccc(N)c(C)c4CCC3C12. The summed E-state index contributed by atoms with van der Waals surface area (Å²) in [5.41, 5.74) is 14.9. The van der Waals surface area contributed by atoms with E-state index in [-0.39, 0.29) is 0 Å². The number of rotatable bonds is 4. The first-order valence-corrected chi connectivity index (χ1v) is 11.4. The Morgan fingerprint density at radius 1 is 1.32 bits per heavy atom. The van der Waals surface area contributed by atoms with E-state index in [1.165, 1.54) is 61.8 Å². The highest BCUT2D eigenvalue weighted by Gasteiger charge is 2.57. The van der Waals surface area contributed by atoms with Crippen LogP contribution in [0.5, 0.6) is 0 Å². The molecular weight excluding hydrogens is 340 g/mol. The quantitative estimate of drug-likeness (QED) is 0.473. The Morgan fingerprint density at radius 2 is 2.11 bits per heavy atom. The van der Waals surface area contributed by atoms with E-state index in [9.17, 15) is 0 Å². The van der Waals surface area contributed by atoms with E-state index in [1.807, 2.05) is 0 Å². The smallest absolute Gasteiger partial charge is 0.0360 e. The van der Waals surface area contributed by atoms with Crippen molar-refractivity contribution in [3.63, 3.8) is 0 Å². The van der Waals surface area contributed by atoms with Crippen molar-refractivity contribution in [2.45, 2.75) is 78.6 Å². The highest BCUT2D eigenvalue weighted by atomic mass is 14.8. The standard InChI is InChI=1S/C26H38N2/c1-6-28-24-15-18(8-7-16(2)3)25-22-10-9-19-17(4)23(27)12-11-20(19)21(22)13-14-26(24,25)5/h11-12,18,21-22,25H,2,6-10,13-15,27H2,1,3-5H3. The van der Waals surface area contributed by atoms with Gasteiger partial charge in [-0.2, -0.15) is 0 Å². The van der Waals surface area contributed by atoms with E-state index >= 15 is 0 Å². The van der Waals surface area contributed by atoms with Gasteiger partial charge < -0.3 is 5.73 Å². The average molecular weight is 379 g/mol. The van der Waals surface area contributed by atoms with Gasteiger partial charge in [0.1, 0.15) is 0 Å². The van der Waals surface area contributed by atoms with Crippen molar-refractivity contribution in [2.75, 3.05) is 12.3 Å². The third-order valence-corrected chi connectivity index (χ3v) is 8.41. The number of aliphatic imine (C=N–C) groups is 1. The van der Waals surface area contributed by atoms with Crippen LogP contribution in [0, 0.1) is 30.1 Å². The number of nitrogen functional groups attached to an aromatic ring is 1. The van der Waals surface area contributed by atoms with Crippen molar-refractivity contribution >= 4 is 11.4 Å². The number of allylic oxidation sites excluding steroid dienone is 1. The van der Waals surface area contributed by atoms with Gasteiger partial charge in [0.05, 0.1) is 0 Å². The summed E-state index contributed by atoms with van der Waals surface area (Å²) >= 11 is 0. The van der Waals surface area contributed by atoms with Crippen molar-refractivity contribution in [1.29, 1.82) is 0 Å². The van der Waals surface area contributed by atoms with E-state index in [0.717, 1.165) is 35.9 Å². The Kier molecular flexibility index (Phi) is 5.18. The zero-order valence-electron chi connectivity index (χ0n) is 18.4.